The lowest BCUT2D eigenvalue weighted by atomic mass is 10.0. The molecule has 0 atom stereocenters. The van der Waals surface area contributed by atoms with Crippen LogP contribution >= 0.6 is 0 Å². The van der Waals surface area contributed by atoms with Gasteiger partial charge in [0.25, 0.3) is 5.91 Å². The van der Waals surface area contributed by atoms with Gasteiger partial charge in [-0.2, -0.15) is 0 Å². The Morgan fingerprint density at radius 1 is 0.968 bits per heavy atom. The number of urea groups is 1. The Morgan fingerprint density at radius 2 is 1.74 bits per heavy atom. The lowest BCUT2D eigenvalue weighted by Gasteiger charge is -2.12. The van der Waals surface area contributed by atoms with Gasteiger partial charge in [0.05, 0.1) is 18.4 Å². The summed E-state index contributed by atoms with van der Waals surface area (Å²) in [5.41, 5.74) is 8.78. The number of nitrogens with one attached hydrogen (secondary N) is 4. The van der Waals surface area contributed by atoms with Gasteiger partial charge in [0.15, 0.2) is 0 Å². The molecule has 0 saturated heterocycles. The monoisotopic (exact) mass is 415 g/mol. The number of carbonyl (C=O) groups is 2. The van der Waals surface area contributed by atoms with Crippen molar-refractivity contribution in [3.05, 3.63) is 78.1 Å². The Hall–Kier alpha value is -4.33. The van der Waals surface area contributed by atoms with Gasteiger partial charge in [-0.15, -0.1) is 0 Å². The van der Waals surface area contributed by atoms with E-state index in [1.807, 2.05) is 37.4 Å². The van der Waals surface area contributed by atoms with Crippen molar-refractivity contribution in [2.45, 2.75) is 6.92 Å². The molecule has 156 valence electrons. The number of anilines is 1. The quantitative estimate of drug-likeness (QED) is 0.378. The van der Waals surface area contributed by atoms with Crippen molar-refractivity contribution in [3.63, 3.8) is 0 Å². The number of H-pyrrole nitrogens is 1. The van der Waals surface area contributed by atoms with Crippen LogP contribution in [0, 0.1) is 6.92 Å². The summed E-state index contributed by atoms with van der Waals surface area (Å²) >= 11 is 0. The highest BCUT2D eigenvalue weighted by atomic mass is 16.5. The van der Waals surface area contributed by atoms with Gasteiger partial charge in [0.2, 0.25) is 0 Å². The maximum atomic E-state index is 12.8. The molecule has 4 rings (SSSR count). The number of hydrogen-bond donors (Lipinski definition) is 4. The minimum atomic E-state index is -0.577. The molecule has 0 unspecified atom stereocenters. The fraction of sp³-hybridized carbons (Fsp3) is 0.0870. The third kappa shape index (κ3) is 4.32. The van der Waals surface area contributed by atoms with E-state index in [1.54, 1.807) is 43.5 Å². The molecule has 0 aliphatic carbocycles. The molecule has 31 heavy (non-hydrogen) atoms. The van der Waals surface area contributed by atoms with Crippen LogP contribution in [-0.2, 0) is 0 Å². The number of benzene rings is 2. The molecule has 3 amide bonds. The smallest absolute Gasteiger partial charge is 0.337 e. The van der Waals surface area contributed by atoms with E-state index in [-0.39, 0.29) is 0 Å². The summed E-state index contributed by atoms with van der Waals surface area (Å²) < 4.78 is 5.09. The fourth-order valence-corrected chi connectivity index (χ4v) is 3.23. The molecule has 8 heteroatoms. The topological polar surface area (TPSA) is 108 Å². The average Bonchev–Trinajstić information content (AvgIpc) is 3.22. The molecule has 0 fully saturated rings. The van der Waals surface area contributed by atoms with E-state index in [9.17, 15) is 9.59 Å². The Bertz CT molecular complexity index is 1250. The van der Waals surface area contributed by atoms with E-state index in [4.69, 9.17) is 4.74 Å². The summed E-state index contributed by atoms with van der Waals surface area (Å²) in [5, 5.41) is 3.59. The molecule has 4 N–H and O–H groups in total. The number of hydrogen-bond acceptors (Lipinski definition) is 4. The summed E-state index contributed by atoms with van der Waals surface area (Å²) in [7, 11) is 1.56. The third-order valence-electron chi connectivity index (χ3n) is 4.76. The van der Waals surface area contributed by atoms with Gasteiger partial charge in [-0.3, -0.25) is 15.2 Å². The van der Waals surface area contributed by atoms with Crippen molar-refractivity contribution in [1.82, 2.24) is 20.8 Å². The number of hydrazine groups is 1. The normalized spacial score (nSPS) is 10.5. The van der Waals surface area contributed by atoms with E-state index >= 15 is 0 Å². The van der Waals surface area contributed by atoms with Gasteiger partial charge >= 0.3 is 6.03 Å². The molecule has 8 nitrogen and oxygen atoms in total. The molecule has 0 bridgehead atoms. The van der Waals surface area contributed by atoms with Gasteiger partial charge in [0.1, 0.15) is 5.75 Å². The first-order chi connectivity index (χ1) is 15.0. The lowest BCUT2D eigenvalue weighted by Crippen LogP contribution is -2.44. The molecule has 2 aromatic heterocycles. The van der Waals surface area contributed by atoms with Crippen molar-refractivity contribution in [3.8, 4) is 17.0 Å². The SMILES string of the molecule is COc1ccc(NC(=O)NNC(=O)c2ccc(C)nc2-c2c[nH]c3ccccc23)cc1. The number of para-hydroxylation sites is 1. The van der Waals surface area contributed by atoms with Crippen LogP contribution in [0.2, 0.25) is 0 Å². The van der Waals surface area contributed by atoms with Crippen molar-refractivity contribution >= 4 is 28.5 Å². The van der Waals surface area contributed by atoms with Crippen LogP contribution in [-0.4, -0.2) is 29.0 Å². The second-order valence-electron chi connectivity index (χ2n) is 6.86. The minimum absolute atomic E-state index is 0.347. The number of amides is 3. The second-order valence-corrected chi connectivity index (χ2v) is 6.86. The molecular formula is C23H21N5O3. The van der Waals surface area contributed by atoms with Crippen molar-refractivity contribution in [1.29, 1.82) is 0 Å². The van der Waals surface area contributed by atoms with Gasteiger partial charge in [-0.05, 0) is 49.4 Å². The molecule has 2 heterocycles. The Kier molecular flexibility index (Phi) is 5.53. The zero-order valence-electron chi connectivity index (χ0n) is 17.0. The van der Waals surface area contributed by atoms with Gasteiger partial charge in [-0.1, -0.05) is 18.2 Å². The number of fused-ring (bicyclic) bond motifs is 1. The van der Waals surface area contributed by atoms with Crippen LogP contribution in [0.15, 0.2) is 66.9 Å². The molecule has 0 aliphatic heterocycles. The Labute approximate surface area is 178 Å². The molecular weight excluding hydrogens is 394 g/mol. The maximum absolute atomic E-state index is 12.8. The number of aromatic nitrogens is 2. The van der Waals surface area contributed by atoms with Crippen LogP contribution in [0.4, 0.5) is 10.5 Å². The highest BCUT2D eigenvalue weighted by Crippen LogP contribution is 2.29. The van der Waals surface area contributed by atoms with Crippen molar-refractivity contribution < 1.29 is 14.3 Å². The highest BCUT2D eigenvalue weighted by Gasteiger charge is 2.18. The number of nitrogens with zero attached hydrogens (tertiary/aromatic N) is 1. The number of pyridine rings is 1. The number of carbonyl (C=O) groups excluding carboxylic acids is 2. The van der Waals surface area contributed by atoms with Crippen molar-refractivity contribution in [2.24, 2.45) is 0 Å². The van der Waals surface area contributed by atoms with E-state index in [1.165, 1.54) is 0 Å². The van der Waals surface area contributed by atoms with E-state index < -0.39 is 11.9 Å². The first kappa shape index (κ1) is 20.0. The standard InChI is InChI=1S/C23H21N5O3/c1-14-7-12-18(21(25-14)19-13-24-20-6-4-3-5-17(19)20)22(29)27-28-23(30)26-15-8-10-16(31-2)11-9-15/h3-13,24H,1-2H3,(H,27,29)(H2,26,28,30). The fourth-order valence-electron chi connectivity index (χ4n) is 3.23. The number of aromatic amines is 1. The number of rotatable bonds is 4. The number of methoxy groups -OCH3 is 1. The Morgan fingerprint density at radius 3 is 2.52 bits per heavy atom. The number of ether oxygens (including phenoxy) is 1. The van der Waals surface area contributed by atoms with Gasteiger partial charge in [-0.25, -0.2) is 10.2 Å². The number of aryl methyl sites for hydroxylation is 1. The molecule has 0 aliphatic rings. The summed E-state index contributed by atoms with van der Waals surface area (Å²) in [6.07, 6.45) is 1.83. The van der Waals surface area contributed by atoms with Crippen molar-refractivity contribution in [2.75, 3.05) is 12.4 Å². The minimum Gasteiger partial charge on any atom is -0.497 e. The maximum Gasteiger partial charge on any atom is 0.337 e. The average molecular weight is 415 g/mol. The molecule has 0 spiro atoms. The molecule has 0 radical (unpaired) electrons. The zero-order chi connectivity index (χ0) is 21.8. The summed E-state index contributed by atoms with van der Waals surface area (Å²) in [5.74, 6) is 0.202. The molecule has 0 saturated carbocycles. The van der Waals surface area contributed by atoms with Crippen LogP contribution in [0.3, 0.4) is 0 Å². The predicted octanol–water partition coefficient (Wildman–Crippen LogP) is 4.01. The van der Waals surface area contributed by atoms with Crippen LogP contribution in [0.1, 0.15) is 16.1 Å². The van der Waals surface area contributed by atoms with Crippen LogP contribution in [0.25, 0.3) is 22.2 Å². The lowest BCUT2D eigenvalue weighted by molar-refractivity contribution is 0.0938. The van der Waals surface area contributed by atoms with E-state index in [0.717, 1.165) is 22.2 Å². The molecule has 2 aromatic carbocycles. The van der Waals surface area contributed by atoms with Gasteiger partial charge < -0.3 is 15.0 Å². The summed E-state index contributed by atoms with van der Waals surface area (Å²) in [6, 6.07) is 17.5. The van der Waals surface area contributed by atoms with Crippen LogP contribution < -0.4 is 20.9 Å². The Balaban J connectivity index is 1.50. The van der Waals surface area contributed by atoms with E-state index in [0.29, 0.717) is 22.7 Å². The van der Waals surface area contributed by atoms with Gasteiger partial charge in [0, 0.05) is 34.0 Å². The molecule has 4 aromatic rings. The third-order valence-corrected chi connectivity index (χ3v) is 4.76. The second kappa shape index (κ2) is 8.58. The van der Waals surface area contributed by atoms with Crippen LogP contribution in [0.5, 0.6) is 5.75 Å². The highest BCUT2D eigenvalue weighted by molar-refractivity contribution is 6.05. The van der Waals surface area contributed by atoms with E-state index in [2.05, 4.69) is 26.1 Å². The summed E-state index contributed by atoms with van der Waals surface area (Å²) in [4.78, 5) is 32.8. The zero-order valence-corrected chi connectivity index (χ0v) is 17.0. The largest absolute Gasteiger partial charge is 0.497 e. The first-order valence-corrected chi connectivity index (χ1v) is 9.60. The first-order valence-electron chi connectivity index (χ1n) is 9.60. The summed E-state index contributed by atoms with van der Waals surface area (Å²) in [6.45, 7) is 1.86. The predicted molar refractivity (Wildman–Crippen MR) is 119 cm³/mol.